The van der Waals surface area contributed by atoms with Gasteiger partial charge in [-0.1, -0.05) is 6.92 Å². The van der Waals surface area contributed by atoms with Gasteiger partial charge in [0.15, 0.2) is 5.96 Å². The number of likely N-dealkylation sites (tertiary alicyclic amines) is 1. The van der Waals surface area contributed by atoms with E-state index in [2.05, 4.69) is 27.1 Å². The highest BCUT2D eigenvalue weighted by atomic mass is 32.1. The highest BCUT2D eigenvalue weighted by molar-refractivity contribution is 7.11. The van der Waals surface area contributed by atoms with Crippen LogP contribution in [0.15, 0.2) is 11.2 Å². The number of guanidine groups is 1. The molecule has 0 amide bonds. The number of carbonyl (C=O) groups excluding carboxylic acids is 1. The average molecular weight is 338 g/mol. The number of ether oxygens (including phenoxy) is 1. The Kier molecular flexibility index (Phi) is 6.83. The second-order valence-corrected chi connectivity index (χ2v) is 6.71. The number of aliphatic imine (C=N–C) groups is 1. The molecule has 6 nitrogen and oxygen atoms in total. The molecule has 128 valence electrons. The first-order valence-corrected chi connectivity index (χ1v) is 9.05. The molecule has 0 aromatic carbocycles. The summed E-state index contributed by atoms with van der Waals surface area (Å²) in [6.07, 6.45) is 4.81. The van der Waals surface area contributed by atoms with Gasteiger partial charge in [0, 0.05) is 31.2 Å². The molecule has 0 radical (unpaired) electrons. The molecule has 2 rings (SSSR count). The van der Waals surface area contributed by atoms with Crippen molar-refractivity contribution in [3.8, 4) is 0 Å². The Morgan fingerprint density at radius 2 is 2.39 bits per heavy atom. The minimum absolute atomic E-state index is 0.0613. The minimum Gasteiger partial charge on any atom is -0.466 e. The fraction of sp³-hybridized carbons (Fsp3) is 0.688. The molecule has 1 aromatic heterocycles. The Morgan fingerprint density at radius 1 is 1.57 bits per heavy atom. The minimum atomic E-state index is -0.0971. The lowest BCUT2D eigenvalue weighted by Crippen LogP contribution is -2.48. The molecule has 1 saturated heterocycles. The number of rotatable bonds is 5. The molecular weight excluding hydrogens is 312 g/mol. The smallest absolute Gasteiger partial charge is 0.310 e. The van der Waals surface area contributed by atoms with Crippen molar-refractivity contribution in [1.29, 1.82) is 0 Å². The Balaban J connectivity index is 1.90. The molecule has 1 atom stereocenters. The number of thiazole rings is 1. The molecule has 1 aliphatic rings. The summed E-state index contributed by atoms with van der Waals surface area (Å²) in [6, 6.07) is 0. The van der Waals surface area contributed by atoms with Crippen molar-refractivity contribution in [2.45, 2.75) is 39.7 Å². The van der Waals surface area contributed by atoms with Gasteiger partial charge in [0.25, 0.3) is 0 Å². The molecule has 0 aliphatic carbocycles. The predicted octanol–water partition coefficient (Wildman–Crippen LogP) is 2.06. The molecule has 0 bridgehead atoms. The van der Waals surface area contributed by atoms with E-state index in [0.29, 0.717) is 19.7 Å². The molecule has 0 saturated carbocycles. The van der Waals surface area contributed by atoms with Gasteiger partial charge < -0.3 is 15.0 Å². The molecular formula is C16H26N4O2S. The highest BCUT2D eigenvalue weighted by Crippen LogP contribution is 2.18. The fourth-order valence-corrected chi connectivity index (χ4v) is 3.50. The van der Waals surface area contributed by atoms with Crippen LogP contribution in [0, 0.1) is 5.92 Å². The molecule has 1 aliphatic heterocycles. The average Bonchev–Trinajstić information content (AvgIpc) is 3.04. The molecule has 0 spiro atoms. The topological polar surface area (TPSA) is 66.8 Å². The van der Waals surface area contributed by atoms with Gasteiger partial charge in [-0.05, 0) is 26.2 Å². The molecule has 1 N–H and O–H groups in total. The summed E-state index contributed by atoms with van der Waals surface area (Å²) in [4.78, 5) is 24.1. The number of hydrogen-bond donors (Lipinski definition) is 1. The quantitative estimate of drug-likeness (QED) is 0.506. The van der Waals surface area contributed by atoms with Gasteiger partial charge in [0.05, 0.1) is 19.1 Å². The normalized spacial score (nSPS) is 18.8. The summed E-state index contributed by atoms with van der Waals surface area (Å²) >= 11 is 1.72. The van der Waals surface area contributed by atoms with Crippen LogP contribution in [0.1, 0.15) is 36.6 Å². The zero-order valence-corrected chi connectivity index (χ0v) is 15.0. The van der Waals surface area contributed by atoms with E-state index in [9.17, 15) is 4.79 Å². The van der Waals surface area contributed by atoms with Gasteiger partial charge in [0.1, 0.15) is 5.01 Å². The van der Waals surface area contributed by atoms with Gasteiger partial charge >= 0.3 is 5.97 Å². The fourth-order valence-electron chi connectivity index (χ4n) is 2.70. The van der Waals surface area contributed by atoms with E-state index in [-0.39, 0.29) is 11.9 Å². The molecule has 1 unspecified atom stereocenters. The van der Waals surface area contributed by atoms with Crippen molar-refractivity contribution in [3.05, 3.63) is 16.1 Å². The van der Waals surface area contributed by atoms with Gasteiger partial charge in [-0.3, -0.25) is 9.79 Å². The van der Waals surface area contributed by atoms with Crippen LogP contribution in [0.5, 0.6) is 0 Å². The monoisotopic (exact) mass is 338 g/mol. The van der Waals surface area contributed by atoms with Crippen LogP contribution in [0.25, 0.3) is 0 Å². The molecule has 1 fully saturated rings. The maximum atomic E-state index is 12.0. The van der Waals surface area contributed by atoms with Crippen molar-refractivity contribution in [3.63, 3.8) is 0 Å². The van der Waals surface area contributed by atoms with E-state index in [1.54, 1.807) is 18.4 Å². The third kappa shape index (κ3) is 4.92. The number of aromatic nitrogens is 1. The number of nitrogens with zero attached hydrogens (tertiary/aromatic N) is 3. The number of hydrogen-bond acceptors (Lipinski definition) is 5. The SMILES string of the molecule is CCOC(=O)C1CCCN(C(=NC)NCc2ncc(CC)s2)C1. The van der Waals surface area contributed by atoms with E-state index < -0.39 is 0 Å². The third-order valence-electron chi connectivity index (χ3n) is 3.90. The summed E-state index contributed by atoms with van der Waals surface area (Å²) < 4.78 is 5.15. The van der Waals surface area contributed by atoms with Gasteiger partial charge in [-0.25, -0.2) is 4.98 Å². The first-order valence-electron chi connectivity index (χ1n) is 8.23. The summed E-state index contributed by atoms with van der Waals surface area (Å²) in [5, 5.41) is 4.41. The van der Waals surface area contributed by atoms with Crippen LogP contribution in [0.2, 0.25) is 0 Å². The molecule has 2 heterocycles. The second kappa shape index (κ2) is 8.86. The molecule has 7 heteroatoms. The van der Waals surface area contributed by atoms with Gasteiger partial charge in [-0.15, -0.1) is 11.3 Å². The van der Waals surface area contributed by atoms with Gasteiger partial charge in [-0.2, -0.15) is 0 Å². The molecule has 23 heavy (non-hydrogen) atoms. The van der Waals surface area contributed by atoms with Crippen LogP contribution >= 0.6 is 11.3 Å². The number of nitrogens with one attached hydrogen (secondary N) is 1. The second-order valence-electron chi connectivity index (χ2n) is 5.51. The number of aryl methyl sites for hydroxylation is 1. The van der Waals surface area contributed by atoms with E-state index in [1.165, 1.54) is 4.88 Å². The van der Waals surface area contributed by atoms with E-state index in [4.69, 9.17) is 4.74 Å². The Morgan fingerprint density at radius 3 is 3.04 bits per heavy atom. The summed E-state index contributed by atoms with van der Waals surface area (Å²) in [6.45, 7) is 6.65. The van der Waals surface area contributed by atoms with E-state index in [0.717, 1.165) is 36.8 Å². The van der Waals surface area contributed by atoms with Crippen molar-refractivity contribution in [1.82, 2.24) is 15.2 Å². The van der Waals surface area contributed by atoms with Crippen LogP contribution in [-0.4, -0.2) is 48.6 Å². The Hall–Kier alpha value is -1.63. The largest absolute Gasteiger partial charge is 0.466 e. The van der Waals surface area contributed by atoms with Crippen molar-refractivity contribution < 1.29 is 9.53 Å². The first kappa shape index (κ1) is 17.7. The van der Waals surface area contributed by atoms with Crippen LogP contribution in [0.3, 0.4) is 0 Å². The number of carbonyl (C=O) groups is 1. The van der Waals surface area contributed by atoms with Crippen LogP contribution in [-0.2, 0) is 22.5 Å². The van der Waals surface area contributed by atoms with Crippen molar-refractivity contribution >= 4 is 23.3 Å². The summed E-state index contributed by atoms with van der Waals surface area (Å²) in [5.74, 6) is 0.668. The first-order chi connectivity index (χ1) is 11.2. The lowest BCUT2D eigenvalue weighted by atomic mass is 9.98. The van der Waals surface area contributed by atoms with Crippen molar-refractivity contribution in [2.75, 3.05) is 26.7 Å². The highest BCUT2D eigenvalue weighted by Gasteiger charge is 2.28. The number of piperidine rings is 1. The van der Waals surface area contributed by atoms with E-state index >= 15 is 0 Å². The Labute approximate surface area is 142 Å². The third-order valence-corrected chi connectivity index (χ3v) is 5.04. The maximum Gasteiger partial charge on any atom is 0.310 e. The zero-order chi connectivity index (χ0) is 16.7. The van der Waals surface area contributed by atoms with Crippen LogP contribution < -0.4 is 5.32 Å². The lowest BCUT2D eigenvalue weighted by Gasteiger charge is -2.33. The zero-order valence-electron chi connectivity index (χ0n) is 14.2. The molecule has 1 aromatic rings. The maximum absolute atomic E-state index is 12.0. The Bertz CT molecular complexity index is 544. The number of esters is 1. The lowest BCUT2D eigenvalue weighted by molar-refractivity contribution is -0.149. The standard InChI is InChI=1S/C16H26N4O2S/c1-4-13-9-18-14(23-13)10-19-16(17-3)20-8-6-7-12(11-20)15(21)22-5-2/h9,12H,4-8,10-11H2,1-3H3,(H,17,19). The van der Waals surface area contributed by atoms with E-state index in [1.807, 2.05) is 13.1 Å². The van der Waals surface area contributed by atoms with Crippen LogP contribution in [0.4, 0.5) is 0 Å². The predicted molar refractivity (Wildman–Crippen MR) is 92.6 cm³/mol. The summed E-state index contributed by atoms with van der Waals surface area (Å²) in [7, 11) is 1.77. The van der Waals surface area contributed by atoms with Crippen molar-refractivity contribution in [2.24, 2.45) is 10.9 Å². The summed E-state index contributed by atoms with van der Waals surface area (Å²) in [5.41, 5.74) is 0. The van der Waals surface area contributed by atoms with Gasteiger partial charge in [0.2, 0.25) is 0 Å².